The Morgan fingerprint density at radius 2 is 2.08 bits per heavy atom. The molecule has 3 heterocycles. The van der Waals surface area contributed by atoms with E-state index >= 15 is 0 Å². The summed E-state index contributed by atoms with van der Waals surface area (Å²) in [5, 5.41) is 8.25. The molecule has 25 heavy (non-hydrogen) atoms. The summed E-state index contributed by atoms with van der Waals surface area (Å²) in [4.78, 5) is 11.2. The first-order valence-electron chi connectivity index (χ1n) is 8.24. The van der Waals surface area contributed by atoms with E-state index in [4.69, 9.17) is 0 Å². The molecule has 1 fully saturated rings. The van der Waals surface area contributed by atoms with Gasteiger partial charge in [-0.3, -0.25) is 19.4 Å². The third-order valence-corrected chi connectivity index (χ3v) is 4.77. The highest BCUT2D eigenvalue weighted by molar-refractivity contribution is 5.85. The molecule has 132 valence electrons. The summed E-state index contributed by atoms with van der Waals surface area (Å²) < 4.78 is 13.5. The van der Waals surface area contributed by atoms with E-state index in [0.717, 1.165) is 42.2 Å². The smallest absolute Gasteiger partial charge is 0.155 e. The summed E-state index contributed by atoms with van der Waals surface area (Å²) >= 11 is 0. The van der Waals surface area contributed by atoms with E-state index in [1.165, 1.54) is 5.56 Å². The SMILES string of the molecule is Cc1nc([C@@H]2CN(Cc3cccc4cccnc34)C[C@H]2CF)n[nH]1.Cl. The van der Waals surface area contributed by atoms with Gasteiger partial charge in [-0.05, 0) is 18.6 Å². The zero-order chi connectivity index (χ0) is 16.5. The number of hydrogen-bond donors (Lipinski definition) is 1. The van der Waals surface area contributed by atoms with Crippen LogP contribution in [0.4, 0.5) is 4.39 Å². The molecule has 0 unspecified atom stereocenters. The van der Waals surface area contributed by atoms with Gasteiger partial charge in [0.15, 0.2) is 5.82 Å². The van der Waals surface area contributed by atoms with E-state index in [2.05, 4.69) is 49.3 Å². The van der Waals surface area contributed by atoms with Gasteiger partial charge >= 0.3 is 0 Å². The minimum Gasteiger partial charge on any atom is -0.298 e. The molecule has 2 atom stereocenters. The normalized spacial score (nSPS) is 20.7. The van der Waals surface area contributed by atoms with Crippen molar-refractivity contribution in [2.75, 3.05) is 19.8 Å². The molecular formula is C18H21ClFN5. The number of pyridine rings is 1. The van der Waals surface area contributed by atoms with Gasteiger partial charge in [-0.2, -0.15) is 5.10 Å². The molecule has 2 aromatic heterocycles. The second-order valence-electron chi connectivity index (χ2n) is 6.49. The van der Waals surface area contributed by atoms with Crippen molar-refractivity contribution in [1.82, 2.24) is 25.1 Å². The first kappa shape index (κ1) is 17.8. The van der Waals surface area contributed by atoms with Crippen LogP contribution < -0.4 is 0 Å². The molecule has 1 saturated heterocycles. The molecule has 1 aliphatic heterocycles. The summed E-state index contributed by atoms with van der Waals surface area (Å²) in [5.41, 5.74) is 2.20. The van der Waals surface area contributed by atoms with E-state index in [-0.39, 0.29) is 30.9 Å². The quantitative estimate of drug-likeness (QED) is 0.774. The Morgan fingerprint density at radius 3 is 2.84 bits per heavy atom. The molecule has 0 radical (unpaired) electrons. The lowest BCUT2D eigenvalue weighted by molar-refractivity contribution is 0.296. The number of likely N-dealkylation sites (tertiary alicyclic amines) is 1. The number of aryl methyl sites for hydroxylation is 1. The van der Waals surface area contributed by atoms with Crippen molar-refractivity contribution >= 4 is 23.3 Å². The van der Waals surface area contributed by atoms with Crippen LogP contribution in [0.1, 0.15) is 23.1 Å². The van der Waals surface area contributed by atoms with Gasteiger partial charge in [-0.25, -0.2) is 4.98 Å². The minimum atomic E-state index is -0.345. The predicted octanol–water partition coefficient (Wildman–Crippen LogP) is 3.27. The van der Waals surface area contributed by atoms with Crippen molar-refractivity contribution in [2.45, 2.75) is 19.4 Å². The van der Waals surface area contributed by atoms with E-state index in [1.54, 1.807) is 0 Å². The highest BCUT2D eigenvalue weighted by atomic mass is 35.5. The van der Waals surface area contributed by atoms with Crippen LogP contribution in [0.25, 0.3) is 10.9 Å². The average molecular weight is 362 g/mol. The largest absolute Gasteiger partial charge is 0.298 e. The number of alkyl halides is 1. The summed E-state index contributed by atoms with van der Waals surface area (Å²) in [5.74, 6) is 1.50. The number of aromatic nitrogens is 4. The molecule has 1 aliphatic rings. The number of aromatic amines is 1. The van der Waals surface area contributed by atoms with Gasteiger partial charge in [0.1, 0.15) is 5.82 Å². The Hall–Kier alpha value is -2.05. The zero-order valence-electron chi connectivity index (χ0n) is 14.0. The van der Waals surface area contributed by atoms with Gasteiger partial charge < -0.3 is 0 Å². The molecule has 1 aromatic carbocycles. The molecule has 1 N–H and O–H groups in total. The molecule has 7 heteroatoms. The number of fused-ring (bicyclic) bond motifs is 1. The zero-order valence-corrected chi connectivity index (χ0v) is 14.8. The maximum atomic E-state index is 13.5. The molecule has 0 aliphatic carbocycles. The number of hydrogen-bond acceptors (Lipinski definition) is 4. The number of benzene rings is 1. The topological polar surface area (TPSA) is 57.7 Å². The second-order valence-corrected chi connectivity index (χ2v) is 6.49. The predicted molar refractivity (Wildman–Crippen MR) is 97.6 cm³/mol. The van der Waals surface area contributed by atoms with Gasteiger partial charge in [-0.15, -0.1) is 12.4 Å². The number of nitrogens with one attached hydrogen (secondary N) is 1. The monoisotopic (exact) mass is 361 g/mol. The third-order valence-electron chi connectivity index (χ3n) is 4.77. The fraction of sp³-hybridized carbons (Fsp3) is 0.389. The van der Waals surface area contributed by atoms with Gasteiger partial charge in [0.2, 0.25) is 0 Å². The van der Waals surface area contributed by atoms with Crippen molar-refractivity contribution in [1.29, 1.82) is 0 Å². The first-order chi connectivity index (χ1) is 11.7. The van der Waals surface area contributed by atoms with Crippen LogP contribution in [-0.2, 0) is 6.54 Å². The van der Waals surface area contributed by atoms with Gasteiger partial charge in [0, 0.05) is 43.1 Å². The minimum absolute atomic E-state index is 0. The van der Waals surface area contributed by atoms with E-state index in [0.29, 0.717) is 0 Å². The molecular weight excluding hydrogens is 341 g/mol. The van der Waals surface area contributed by atoms with Crippen molar-refractivity contribution in [3.05, 3.63) is 53.7 Å². The molecule has 0 bridgehead atoms. The van der Waals surface area contributed by atoms with Gasteiger partial charge in [-0.1, -0.05) is 24.3 Å². The molecule has 4 rings (SSSR count). The van der Waals surface area contributed by atoms with Crippen molar-refractivity contribution in [3.63, 3.8) is 0 Å². The maximum absolute atomic E-state index is 13.5. The second kappa shape index (κ2) is 7.45. The summed E-state index contributed by atoms with van der Waals surface area (Å²) in [6.07, 6.45) is 1.82. The van der Waals surface area contributed by atoms with Crippen LogP contribution in [0.3, 0.4) is 0 Å². The molecule has 0 amide bonds. The van der Waals surface area contributed by atoms with Crippen LogP contribution in [-0.4, -0.2) is 44.8 Å². The molecule has 0 saturated carbocycles. The van der Waals surface area contributed by atoms with Crippen LogP contribution >= 0.6 is 12.4 Å². The fourth-order valence-corrected chi connectivity index (χ4v) is 3.60. The van der Waals surface area contributed by atoms with Crippen molar-refractivity contribution in [3.8, 4) is 0 Å². The lowest BCUT2D eigenvalue weighted by atomic mass is 9.97. The number of rotatable bonds is 4. The Labute approximate surface area is 152 Å². The van der Waals surface area contributed by atoms with E-state index in [1.807, 2.05) is 19.2 Å². The Balaban J connectivity index is 0.00000182. The number of H-pyrrole nitrogens is 1. The average Bonchev–Trinajstić information content (AvgIpc) is 3.21. The third kappa shape index (κ3) is 3.50. The molecule has 0 spiro atoms. The summed E-state index contributed by atoms with van der Waals surface area (Å²) in [6.45, 7) is 3.79. The Morgan fingerprint density at radius 1 is 1.24 bits per heavy atom. The first-order valence-corrected chi connectivity index (χ1v) is 8.24. The lowest BCUT2D eigenvalue weighted by Crippen LogP contribution is -2.21. The van der Waals surface area contributed by atoms with Crippen molar-refractivity contribution in [2.24, 2.45) is 5.92 Å². The highest BCUT2D eigenvalue weighted by Crippen LogP contribution is 2.32. The number of para-hydroxylation sites is 1. The van der Waals surface area contributed by atoms with E-state index < -0.39 is 0 Å². The maximum Gasteiger partial charge on any atom is 0.155 e. The summed E-state index contributed by atoms with van der Waals surface area (Å²) in [7, 11) is 0. The highest BCUT2D eigenvalue weighted by Gasteiger charge is 2.36. The van der Waals surface area contributed by atoms with Crippen LogP contribution in [0.5, 0.6) is 0 Å². The molecule has 3 aromatic rings. The van der Waals surface area contributed by atoms with Gasteiger partial charge in [0.05, 0.1) is 12.2 Å². The van der Waals surface area contributed by atoms with Crippen LogP contribution in [0, 0.1) is 12.8 Å². The summed E-state index contributed by atoms with van der Waals surface area (Å²) in [6, 6.07) is 10.2. The number of nitrogens with zero attached hydrogens (tertiary/aromatic N) is 4. The molecule has 5 nitrogen and oxygen atoms in total. The van der Waals surface area contributed by atoms with Gasteiger partial charge in [0.25, 0.3) is 0 Å². The fourth-order valence-electron chi connectivity index (χ4n) is 3.60. The van der Waals surface area contributed by atoms with Crippen molar-refractivity contribution < 1.29 is 4.39 Å². The van der Waals surface area contributed by atoms with Crippen LogP contribution in [0.15, 0.2) is 36.5 Å². The number of halogens is 2. The standard InChI is InChI=1S/C18H20FN5.ClH/c1-12-21-18(23-22-12)16-11-24(10-15(16)8-19)9-14-5-2-4-13-6-3-7-20-17(13)14;/h2-7,15-16H,8-11H2,1H3,(H,21,22,23);1H/t15-,16-;/m1./s1. The Kier molecular flexibility index (Phi) is 5.30. The van der Waals surface area contributed by atoms with Crippen LogP contribution in [0.2, 0.25) is 0 Å². The Bertz CT molecular complexity index is 847. The van der Waals surface area contributed by atoms with E-state index in [9.17, 15) is 4.39 Å². The lowest BCUT2D eigenvalue weighted by Gasteiger charge is -2.16.